The van der Waals surface area contributed by atoms with Crippen molar-refractivity contribution in [3.05, 3.63) is 53.6 Å². The Labute approximate surface area is 190 Å². The molecule has 2 rings (SSSR count). The maximum Gasteiger partial charge on any atom is 0.243 e. The fourth-order valence-electron chi connectivity index (χ4n) is 3.04. The lowest BCUT2D eigenvalue weighted by Crippen LogP contribution is -2.36. The van der Waals surface area contributed by atoms with Crippen LogP contribution in [0.2, 0.25) is 0 Å². The van der Waals surface area contributed by atoms with Crippen LogP contribution in [0.4, 0.5) is 11.4 Å². The highest BCUT2D eigenvalue weighted by Crippen LogP contribution is 2.19. The summed E-state index contributed by atoms with van der Waals surface area (Å²) < 4.78 is 26.4. The summed E-state index contributed by atoms with van der Waals surface area (Å²) in [5.41, 5.74) is 3.26. The number of carbonyl (C=O) groups excluding carboxylic acids is 2. The molecule has 0 aromatic heterocycles. The van der Waals surface area contributed by atoms with Gasteiger partial charge in [-0.05, 0) is 55.7 Å². The number of hydrogen-bond acceptors (Lipinski definition) is 5. The number of anilines is 2. The van der Waals surface area contributed by atoms with E-state index in [2.05, 4.69) is 16.0 Å². The molecule has 0 saturated heterocycles. The quantitative estimate of drug-likeness (QED) is 0.478. The Hall–Kier alpha value is -2.91. The van der Waals surface area contributed by atoms with Crippen LogP contribution in [0.3, 0.4) is 0 Å². The van der Waals surface area contributed by atoms with Crippen molar-refractivity contribution in [2.45, 2.75) is 38.5 Å². The molecule has 2 aromatic rings. The number of nitrogens with zero attached hydrogens (tertiary/aromatic N) is 1. The van der Waals surface area contributed by atoms with Gasteiger partial charge in [-0.15, -0.1) is 0 Å². The van der Waals surface area contributed by atoms with E-state index < -0.39 is 10.0 Å². The van der Waals surface area contributed by atoms with Crippen LogP contribution < -0.4 is 16.0 Å². The number of para-hydroxylation sites is 1. The van der Waals surface area contributed by atoms with E-state index in [0.717, 1.165) is 29.7 Å². The smallest absolute Gasteiger partial charge is 0.243 e. The molecular weight excluding hydrogens is 428 g/mol. The lowest BCUT2D eigenvalue weighted by atomic mass is 10.1. The SMILES string of the molecule is CCCCN(C)S(=O)(=O)c1ccc(NCC(=O)NCC(=O)Nc2c(C)cccc2C)cc1. The number of nitrogens with one attached hydrogen (secondary N) is 3. The minimum absolute atomic E-state index is 0.0425. The van der Waals surface area contributed by atoms with Gasteiger partial charge in [0.25, 0.3) is 0 Å². The summed E-state index contributed by atoms with van der Waals surface area (Å²) in [6.45, 7) is 6.11. The number of carbonyl (C=O) groups is 2. The fraction of sp³-hybridized carbons (Fsp3) is 0.391. The molecule has 0 radical (unpaired) electrons. The van der Waals surface area contributed by atoms with Crippen molar-refractivity contribution in [3.8, 4) is 0 Å². The van der Waals surface area contributed by atoms with Gasteiger partial charge < -0.3 is 16.0 Å². The van der Waals surface area contributed by atoms with Crippen LogP contribution in [-0.4, -0.2) is 51.2 Å². The second-order valence-corrected chi connectivity index (χ2v) is 9.69. The summed E-state index contributed by atoms with van der Waals surface area (Å²) in [5, 5.41) is 8.31. The summed E-state index contributed by atoms with van der Waals surface area (Å²) in [7, 11) is -1.96. The number of sulfonamides is 1. The van der Waals surface area contributed by atoms with Crippen LogP contribution in [-0.2, 0) is 19.6 Å². The zero-order valence-corrected chi connectivity index (χ0v) is 19.9. The minimum atomic E-state index is -3.53. The summed E-state index contributed by atoms with van der Waals surface area (Å²) in [6.07, 6.45) is 1.71. The molecule has 0 atom stereocenters. The van der Waals surface area contributed by atoms with Crippen LogP contribution in [0.5, 0.6) is 0 Å². The predicted octanol–water partition coefficient (Wildman–Crippen LogP) is 2.89. The highest BCUT2D eigenvalue weighted by atomic mass is 32.2. The average molecular weight is 461 g/mol. The van der Waals surface area contributed by atoms with Gasteiger partial charge in [-0.2, -0.15) is 0 Å². The molecule has 0 fully saturated rings. The molecule has 0 unspecified atom stereocenters. The van der Waals surface area contributed by atoms with E-state index in [0.29, 0.717) is 12.2 Å². The second-order valence-electron chi connectivity index (χ2n) is 7.65. The molecule has 32 heavy (non-hydrogen) atoms. The third kappa shape index (κ3) is 7.06. The van der Waals surface area contributed by atoms with Gasteiger partial charge in [0.1, 0.15) is 0 Å². The van der Waals surface area contributed by atoms with Gasteiger partial charge in [0.15, 0.2) is 0 Å². The van der Waals surface area contributed by atoms with E-state index in [1.807, 2.05) is 39.0 Å². The highest BCUT2D eigenvalue weighted by Gasteiger charge is 2.20. The standard InChI is InChI=1S/C23H32N4O4S/c1-5-6-14-27(4)32(30,31)20-12-10-19(11-13-20)24-15-21(28)25-16-22(29)26-23-17(2)8-7-9-18(23)3/h7-13,24H,5-6,14-16H2,1-4H3,(H,25,28)(H,26,29). The van der Waals surface area contributed by atoms with Gasteiger partial charge in [0.2, 0.25) is 21.8 Å². The molecule has 2 aromatic carbocycles. The van der Waals surface area contributed by atoms with E-state index >= 15 is 0 Å². The Morgan fingerprint density at radius 2 is 1.56 bits per heavy atom. The van der Waals surface area contributed by atoms with Crippen LogP contribution in [0, 0.1) is 13.8 Å². The third-order valence-electron chi connectivity index (χ3n) is 5.03. The minimum Gasteiger partial charge on any atom is -0.376 e. The Morgan fingerprint density at radius 1 is 0.938 bits per heavy atom. The van der Waals surface area contributed by atoms with E-state index in [4.69, 9.17) is 0 Å². The molecule has 174 valence electrons. The van der Waals surface area contributed by atoms with E-state index in [9.17, 15) is 18.0 Å². The van der Waals surface area contributed by atoms with Crippen molar-refractivity contribution in [1.29, 1.82) is 0 Å². The lowest BCUT2D eigenvalue weighted by Gasteiger charge is -2.17. The van der Waals surface area contributed by atoms with Gasteiger partial charge in [-0.3, -0.25) is 9.59 Å². The molecule has 0 aliphatic rings. The lowest BCUT2D eigenvalue weighted by molar-refractivity contribution is -0.122. The Kier molecular flexibility index (Phi) is 9.22. The maximum atomic E-state index is 12.5. The number of aryl methyl sites for hydroxylation is 2. The third-order valence-corrected chi connectivity index (χ3v) is 6.90. The highest BCUT2D eigenvalue weighted by molar-refractivity contribution is 7.89. The first-order valence-electron chi connectivity index (χ1n) is 10.6. The Bertz CT molecular complexity index is 1020. The molecule has 0 aliphatic carbocycles. The summed E-state index contributed by atoms with van der Waals surface area (Å²) in [5.74, 6) is -0.657. The normalized spacial score (nSPS) is 11.3. The van der Waals surface area contributed by atoms with Gasteiger partial charge in [-0.25, -0.2) is 12.7 Å². The summed E-state index contributed by atoms with van der Waals surface area (Å²) >= 11 is 0. The van der Waals surface area contributed by atoms with Crippen molar-refractivity contribution in [3.63, 3.8) is 0 Å². The van der Waals surface area contributed by atoms with E-state index in [1.165, 1.54) is 16.4 Å². The zero-order valence-electron chi connectivity index (χ0n) is 19.1. The van der Waals surface area contributed by atoms with Crippen LogP contribution in [0.15, 0.2) is 47.4 Å². The molecule has 9 heteroatoms. The van der Waals surface area contributed by atoms with Crippen molar-refractivity contribution >= 4 is 33.2 Å². The van der Waals surface area contributed by atoms with Crippen LogP contribution in [0.25, 0.3) is 0 Å². The van der Waals surface area contributed by atoms with Crippen molar-refractivity contribution in [1.82, 2.24) is 9.62 Å². The van der Waals surface area contributed by atoms with Gasteiger partial charge >= 0.3 is 0 Å². The first-order chi connectivity index (χ1) is 15.1. The number of unbranched alkanes of at least 4 members (excludes halogenated alkanes) is 1. The van der Waals surface area contributed by atoms with Gasteiger partial charge in [0, 0.05) is 25.0 Å². The van der Waals surface area contributed by atoms with Crippen LogP contribution >= 0.6 is 0 Å². The fourth-order valence-corrected chi connectivity index (χ4v) is 4.25. The average Bonchev–Trinajstić information content (AvgIpc) is 2.77. The first-order valence-corrected chi connectivity index (χ1v) is 12.0. The number of benzene rings is 2. The summed E-state index contributed by atoms with van der Waals surface area (Å²) in [6, 6.07) is 12.0. The van der Waals surface area contributed by atoms with E-state index in [-0.39, 0.29) is 29.8 Å². The zero-order chi connectivity index (χ0) is 23.7. The van der Waals surface area contributed by atoms with Crippen molar-refractivity contribution in [2.75, 3.05) is 37.3 Å². The molecule has 0 aliphatic heterocycles. The van der Waals surface area contributed by atoms with Crippen molar-refractivity contribution < 1.29 is 18.0 Å². The topological polar surface area (TPSA) is 108 Å². The number of rotatable bonds is 11. The predicted molar refractivity (Wildman–Crippen MR) is 127 cm³/mol. The Morgan fingerprint density at radius 3 is 2.16 bits per heavy atom. The van der Waals surface area contributed by atoms with Crippen LogP contribution in [0.1, 0.15) is 30.9 Å². The summed E-state index contributed by atoms with van der Waals surface area (Å²) in [4.78, 5) is 24.4. The molecule has 0 heterocycles. The molecule has 0 spiro atoms. The van der Waals surface area contributed by atoms with Gasteiger partial charge in [0.05, 0.1) is 18.0 Å². The number of amides is 2. The molecule has 3 N–H and O–H groups in total. The molecule has 2 amide bonds. The van der Waals surface area contributed by atoms with Gasteiger partial charge in [-0.1, -0.05) is 31.5 Å². The number of hydrogen-bond donors (Lipinski definition) is 3. The largest absolute Gasteiger partial charge is 0.376 e. The maximum absolute atomic E-state index is 12.5. The second kappa shape index (κ2) is 11.6. The first kappa shape index (κ1) is 25.4. The molecule has 8 nitrogen and oxygen atoms in total. The monoisotopic (exact) mass is 460 g/mol. The molecule has 0 bridgehead atoms. The molecule has 0 saturated carbocycles. The Balaban J connectivity index is 1.82. The van der Waals surface area contributed by atoms with Crippen molar-refractivity contribution in [2.24, 2.45) is 0 Å². The van der Waals surface area contributed by atoms with E-state index in [1.54, 1.807) is 19.2 Å². The molecular formula is C23H32N4O4S.